The molecule has 28 heavy (non-hydrogen) atoms. The van der Waals surface area contributed by atoms with E-state index < -0.39 is 0 Å². The van der Waals surface area contributed by atoms with Crippen molar-refractivity contribution >= 4 is 56.5 Å². The molecule has 0 aliphatic heterocycles. The lowest BCUT2D eigenvalue weighted by Crippen LogP contribution is -2.12. The highest BCUT2D eigenvalue weighted by Crippen LogP contribution is 2.23. The number of benzene rings is 3. The maximum atomic E-state index is 12.3. The number of hydrogen-bond donors (Lipinski definition) is 1. The molecule has 0 bridgehead atoms. The van der Waals surface area contributed by atoms with Gasteiger partial charge in [0, 0.05) is 21.3 Å². The summed E-state index contributed by atoms with van der Waals surface area (Å²) in [6.45, 7) is -0.0728. The number of nitrogens with one attached hydrogen (secondary N) is 1. The predicted octanol–water partition coefficient (Wildman–Crippen LogP) is 6.27. The summed E-state index contributed by atoms with van der Waals surface area (Å²) in [5, 5.41) is 3.46. The number of ether oxygens (including phenoxy) is 1. The third-order valence-corrected chi connectivity index (χ3v) is 5.10. The summed E-state index contributed by atoms with van der Waals surface area (Å²) in [6.07, 6.45) is 0. The summed E-state index contributed by atoms with van der Waals surface area (Å²) in [5.41, 5.74) is 1.56. The van der Waals surface area contributed by atoms with Crippen LogP contribution in [0.4, 0.5) is 5.69 Å². The molecule has 0 fully saturated rings. The SMILES string of the molecule is O=C(COc1ccc(NC(=O)c2ccc(Cl)c(Cl)c2)cc1)c1ccc(Br)cc1. The smallest absolute Gasteiger partial charge is 0.255 e. The first kappa shape index (κ1) is 20.4. The van der Waals surface area contributed by atoms with Crippen molar-refractivity contribution < 1.29 is 14.3 Å². The van der Waals surface area contributed by atoms with Gasteiger partial charge in [0.1, 0.15) is 5.75 Å². The van der Waals surface area contributed by atoms with Crippen molar-refractivity contribution in [3.8, 4) is 5.75 Å². The minimum Gasteiger partial charge on any atom is -0.485 e. The number of Topliss-reactive ketones (excluding diaryl/α,β-unsaturated/α-hetero) is 1. The van der Waals surface area contributed by atoms with Crippen molar-refractivity contribution in [2.75, 3.05) is 11.9 Å². The highest BCUT2D eigenvalue weighted by atomic mass is 79.9. The van der Waals surface area contributed by atoms with E-state index in [-0.39, 0.29) is 18.3 Å². The Labute approximate surface area is 180 Å². The third-order valence-electron chi connectivity index (χ3n) is 3.83. The fraction of sp³-hybridized carbons (Fsp3) is 0.0476. The van der Waals surface area contributed by atoms with E-state index in [1.165, 1.54) is 6.07 Å². The van der Waals surface area contributed by atoms with Gasteiger partial charge in [0.2, 0.25) is 0 Å². The monoisotopic (exact) mass is 477 g/mol. The number of hydrogen-bond acceptors (Lipinski definition) is 3. The molecule has 0 saturated carbocycles. The zero-order valence-electron chi connectivity index (χ0n) is 14.4. The van der Waals surface area contributed by atoms with Gasteiger partial charge in [-0.1, -0.05) is 51.3 Å². The van der Waals surface area contributed by atoms with Gasteiger partial charge < -0.3 is 10.1 Å². The van der Waals surface area contributed by atoms with Crippen LogP contribution in [-0.2, 0) is 0 Å². The van der Waals surface area contributed by atoms with Gasteiger partial charge in [-0.15, -0.1) is 0 Å². The molecule has 0 heterocycles. The number of amides is 1. The molecule has 4 nitrogen and oxygen atoms in total. The van der Waals surface area contributed by atoms with Crippen molar-refractivity contribution in [3.63, 3.8) is 0 Å². The van der Waals surface area contributed by atoms with Crippen LogP contribution in [0.5, 0.6) is 5.75 Å². The Bertz CT molecular complexity index is 1010. The summed E-state index contributed by atoms with van der Waals surface area (Å²) in [5.74, 6) is 0.0974. The fourth-order valence-corrected chi connectivity index (χ4v) is 2.91. The molecule has 0 saturated heterocycles. The molecular weight excluding hydrogens is 465 g/mol. The second kappa shape index (κ2) is 9.24. The Kier molecular flexibility index (Phi) is 6.73. The van der Waals surface area contributed by atoms with Crippen molar-refractivity contribution in [2.45, 2.75) is 0 Å². The van der Waals surface area contributed by atoms with Crippen LogP contribution in [0, 0.1) is 0 Å². The summed E-state index contributed by atoms with van der Waals surface area (Å²) in [7, 11) is 0. The molecule has 0 atom stereocenters. The van der Waals surface area contributed by atoms with Gasteiger partial charge in [-0.05, 0) is 54.6 Å². The molecule has 7 heteroatoms. The van der Waals surface area contributed by atoms with Crippen molar-refractivity contribution in [3.05, 3.63) is 92.4 Å². The maximum absolute atomic E-state index is 12.3. The van der Waals surface area contributed by atoms with Crippen molar-refractivity contribution in [2.24, 2.45) is 0 Å². The molecule has 1 N–H and O–H groups in total. The van der Waals surface area contributed by atoms with Gasteiger partial charge in [-0.3, -0.25) is 9.59 Å². The van der Waals surface area contributed by atoms with E-state index in [2.05, 4.69) is 21.2 Å². The molecular formula is C21H14BrCl2NO3. The molecule has 3 aromatic carbocycles. The van der Waals surface area contributed by atoms with Crippen molar-refractivity contribution in [1.29, 1.82) is 0 Å². The Morgan fingerprint density at radius 3 is 2.14 bits per heavy atom. The van der Waals surface area contributed by atoms with Gasteiger partial charge in [-0.25, -0.2) is 0 Å². The molecule has 3 rings (SSSR count). The molecule has 0 unspecified atom stereocenters. The molecule has 0 aliphatic carbocycles. The second-order valence-electron chi connectivity index (χ2n) is 5.83. The van der Waals surface area contributed by atoms with Gasteiger partial charge >= 0.3 is 0 Å². The standard InChI is InChI=1S/C21H14BrCl2NO3/c22-15-4-1-13(2-5-15)20(26)12-28-17-8-6-16(7-9-17)25-21(27)14-3-10-18(23)19(24)11-14/h1-11H,12H2,(H,25,27). The summed E-state index contributed by atoms with van der Waals surface area (Å²) in [6, 6.07) is 18.5. The van der Waals surface area contributed by atoms with Crippen LogP contribution in [0.25, 0.3) is 0 Å². The first-order valence-corrected chi connectivity index (χ1v) is 9.75. The molecule has 0 aliphatic rings. The number of rotatable bonds is 6. The fourth-order valence-electron chi connectivity index (χ4n) is 2.34. The lowest BCUT2D eigenvalue weighted by atomic mass is 10.1. The van der Waals surface area contributed by atoms with Crippen LogP contribution < -0.4 is 10.1 Å². The molecule has 1 amide bonds. The van der Waals surface area contributed by atoms with E-state index in [4.69, 9.17) is 27.9 Å². The Hall–Kier alpha value is -2.34. The third kappa shape index (κ3) is 5.35. The maximum Gasteiger partial charge on any atom is 0.255 e. The van der Waals surface area contributed by atoms with Crippen LogP contribution in [0.3, 0.4) is 0 Å². The quantitative estimate of drug-likeness (QED) is 0.424. The predicted molar refractivity (Wildman–Crippen MR) is 115 cm³/mol. The summed E-state index contributed by atoms with van der Waals surface area (Å²) in [4.78, 5) is 24.4. The molecule has 142 valence electrons. The van der Waals surface area contributed by atoms with Crippen LogP contribution >= 0.6 is 39.1 Å². The number of ketones is 1. The Balaban J connectivity index is 1.57. The Morgan fingerprint density at radius 2 is 1.50 bits per heavy atom. The minimum absolute atomic E-state index is 0.0728. The van der Waals surface area contributed by atoms with E-state index in [0.29, 0.717) is 32.6 Å². The van der Waals surface area contributed by atoms with Gasteiger partial charge in [0.15, 0.2) is 12.4 Å². The second-order valence-corrected chi connectivity index (χ2v) is 7.56. The Morgan fingerprint density at radius 1 is 0.857 bits per heavy atom. The van der Waals surface area contributed by atoms with E-state index in [1.807, 2.05) is 0 Å². The zero-order chi connectivity index (χ0) is 20.1. The lowest BCUT2D eigenvalue weighted by molar-refractivity contribution is 0.0921. The van der Waals surface area contributed by atoms with Gasteiger partial charge in [0.25, 0.3) is 5.91 Å². The largest absolute Gasteiger partial charge is 0.485 e. The number of halogens is 3. The molecule has 3 aromatic rings. The molecule has 0 aromatic heterocycles. The number of carbonyl (C=O) groups excluding carboxylic acids is 2. The topological polar surface area (TPSA) is 55.4 Å². The van der Waals surface area contributed by atoms with Gasteiger partial charge in [0.05, 0.1) is 10.0 Å². The van der Waals surface area contributed by atoms with Crippen LogP contribution in [0.2, 0.25) is 10.0 Å². The number of anilines is 1. The van der Waals surface area contributed by atoms with Crippen LogP contribution in [0.15, 0.2) is 71.2 Å². The van der Waals surface area contributed by atoms with Crippen molar-refractivity contribution in [1.82, 2.24) is 0 Å². The normalized spacial score (nSPS) is 10.4. The van der Waals surface area contributed by atoms with E-state index in [9.17, 15) is 9.59 Å². The van der Waals surface area contributed by atoms with E-state index >= 15 is 0 Å². The first-order chi connectivity index (χ1) is 13.4. The lowest BCUT2D eigenvalue weighted by Gasteiger charge is -2.09. The summed E-state index contributed by atoms with van der Waals surface area (Å²) >= 11 is 15.1. The number of carbonyl (C=O) groups is 2. The first-order valence-electron chi connectivity index (χ1n) is 8.20. The highest BCUT2D eigenvalue weighted by Gasteiger charge is 2.10. The molecule has 0 spiro atoms. The van der Waals surface area contributed by atoms with Crippen LogP contribution in [0.1, 0.15) is 20.7 Å². The summed E-state index contributed by atoms with van der Waals surface area (Å²) < 4.78 is 6.43. The van der Waals surface area contributed by atoms with E-state index in [0.717, 1.165) is 4.47 Å². The molecule has 0 radical (unpaired) electrons. The minimum atomic E-state index is -0.308. The van der Waals surface area contributed by atoms with Gasteiger partial charge in [-0.2, -0.15) is 0 Å². The average Bonchev–Trinajstić information content (AvgIpc) is 2.69. The highest BCUT2D eigenvalue weighted by molar-refractivity contribution is 9.10. The average molecular weight is 479 g/mol. The zero-order valence-corrected chi connectivity index (χ0v) is 17.5. The van der Waals surface area contributed by atoms with E-state index in [1.54, 1.807) is 60.7 Å². The van der Waals surface area contributed by atoms with Crippen LogP contribution in [-0.4, -0.2) is 18.3 Å².